The van der Waals surface area contributed by atoms with E-state index in [9.17, 15) is 4.79 Å². The van der Waals surface area contributed by atoms with Gasteiger partial charge in [-0.05, 0) is 86.4 Å². The van der Waals surface area contributed by atoms with Gasteiger partial charge in [0, 0.05) is 36.8 Å². The van der Waals surface area contributed by atoms with Crippen LogP contribution < -0.4 is 5.32 Å². The van der Waals surface area contributed by atoms with E-state index in [4.69, 9.17) is 16.7 Å². The molecule has 0 heterocycles. The second-order valence-corrected chi connectivity index (χ2v) is 8.72. The molecule has 0 aromatic heterocycles. The summed E-state index contributed by atoms with van der Waals surface area (Å²) in [6.07, 6.45) is 6.13. The maximum atomic E-state index is 12.8. The number of hydrogen-bond acceptors (Lipinski definition) is 3. The molecule has 2 aromatic rings. The van der Waals surface area contributed by atoms with Gasteiger partial charge in [0.05, 0.1) is 0 Å². The monoisotopic (exact) mass is 428 g/mol. The average molecular weight is 429 g/mol. The molecular formula is C25H33ClN2O2. The lowest BCUT2D eigenvalue weighted by Crippen LogP contribution is -2.39. The van der Waals surface area contributed by atoms with E-state index in [-0.39, 0.29) is 12.5 Å². The Hall–Kier alpha value is -1.88. The highest BCUT2D eigenvalue weighted by Gasteiger charge is 2.27. The van der Waals surface area contributed by atoms with Gasteiger partial charge in [-0.1, -0.05) is 35.9 Å². The molecule has 1 fully saturated rings. The van der Waals surface area contributed by atoms with E-state index in [1.807, 2.05) is 11.9 Å². The van der Waals surface area contributed by atoms with Gasteiger partial charge >= 0.3 is 0 Å². The summed E-state index contributed by atoms with van der Waals surface area (Å²) in [4.78, 5) is 14.7. The summed E-state index contributed by atoms with van der Waals surface area (Å²) in [6, 6.07) is 16.3. The molecule has 0 bridgehead atoms. The highest BCUT2D eigenvalue weighted by Crippen LogP contribution is 2.35. The molecule has 1 saturated carbocycles. The summed E-state index contributed by atoms with van der Waals surface area (Å²) < 4.78 is 0. The third-order valence-corrected chi connectivity index (χ3v) is 6.42. The summed E-state index contributed by atoms with van der Waals surface area (Å²) in [5.41, 5.74) is 3.42. The quantitative estimate of drug-likeness (QED) is 0.552. The molecule has 3 rings (SSSR count). The first-order chi connectivity index (χ1) is 14.6. The van der Waals surface area contributed by atoms with Crippen LogP contribution in [0.1, 0.15) is 65.9 Å². The van der Waals surface area contributed by atoms with E-state index in [2.05, 4.69) is 29.6 Å². The first-order valence-corrected chi connectivity index (χ1v) is 11.4. The van der Waals surface area contributed by atoms with Gasteiger partial charge in [-0.2, -0.15) is 0 Å². The van der Waals surface area contributed by atoms with Gasteiger partial charge in [-0.3, -0.25) is 4.79 Å². The third kappa shape index (κ3) is 6.31. The second-order valence-electron chi connectivity index (χ2n) is 8.28. The van der Waals surface area contributed by atoms with Crippen LogP contribution in [0.25, 0.3) is 0 Å². The van der Waals surface area contributed by atoms with Crippen molar-refractivity contribution in [3.8, 4) is 0 Å². The number of benzene rings is 2. The molecule has 1 amide bonds. The molecule has 0 saturated heterocycles. The third-order valence-electron chi connectivity index (χ3n) is 6.17. The Morgan fingerprint density at radius 3 is 2.53 bits per heavy atom. The van der Waals surface area contributed by atoms with E-state index in [1.165, 1.54) is 11.1 Å². The molecule has 0 radical (unpaired) electrons. The van der Waals surface area contributed by atoms with Crippen molar-refractivity contribution in [2.24, 2.45) is 0 Å². The van der Waals surface area contributed by atoms with E-state index in [0.717, 1.165) is 51.6 Å². The predicted molar refractivity (Wildman–Crippen MR) is 123 cm³/mol. The van der Waals surface area contributed by atoms with Crippen LogP contribution in [0, 0.1) is 0 Å². The minimum absolute atomic E-state index is 0.0735. The van der Waals surface area contributed by atoms with Gasteiger partial charge in [0.15, 0.2) is 0 Å². The van der Waals surface area contributed by atoms with Crippen molar-refractivity contribution >= 4 is 17.5 Å². The van der Waals surface area contributed by atoms with Crippen LogP contribution in [0.2, 0.25) is 5.02 Å². The van der Waals surface area contributed by atoms with Crippen LogP contribution in [0.15, 0.2) is 48.5 Å². The molecule has 1 aliphatic rings. The fourth-order valence-electron chi connectivity index (χ4n) is 4.31. The number of carbonyl (C=O) groups is 1. The zero-order valence-corrected chi connectivity index (χ0v) is 18.6. The normalized spacial score (nSPS) is 18.9. The lowest BCUT2D eigenvalue weighted by Gasteiger charge is -2.35. The highest BCUT2D eigenvalue weighted by molar-refractivity contribution is 6.30. The summed E-state index contributed by atoms with van der Waals surface area (Å²) in [5.74, 6) is 0.638. The Kier molecular flexibility index (Phi) is 8.74. The number of nitrogens with one attached hydrogen (secondary N) is 1. The first-order valence-electron chi connectivity index (χ1n) is 11.0. The van der Waals surface area contributed by atoms with Crippen molar-refractivity contribution < 1.29 is 9.90 Å². The number of rotatable bonds is 9. The van der Waals surface area contributed by atoms with Crippen LogP contribution in [-0.2, 0) is 6.54 Å². The van der Waals surface area contributed by atoms with Crippen LogP contribution >= 0.6 is 11.6 Å². The Morgan fingerprint density at radius 1 is 1.10 bits per heavy atom. The molecule has 0 unspecified atom stereocenters. The largest absolute Gasteiger partial charge is 0.396 e. The van der Waals surface area contributed by atoms with Crippen LogP contribution in [0.3, 0.4) is 0 Å². The summed E-state index contributed by atoms with van der Waals surface area (Å²) in [7, 11) is 1.92. The topological polar surface area (TPSA) is 52.6 Å². The molecule has 0 spiro atoms. The summed E-state index contributed by atoms with van der Waals surface area (Å²) in [5, 5.41) is 13.0. The lowest BCUT2D eigenvalue weighted by atomic mass is 9.81. The molecule has 2 aromatic carbocycles. The van der Waals surface area contributed by atoms with E-state index in [1.54, 1.807) is 24.3 Å². The van der Waals surface area contributed by atoms with E-state index >= 15 is 0 Å². The highest BCUT2D eigenvalue weighted by atomic mass is 35.5. The predicted octanol–water partition coefficient (Wildman–Crippen LogP) is 5.00. The molecular weight excluding hydrogens is 396 g/mol. The molecule has 162 valence electrons. The molecule has 0 atom stereocenters. The standard InChI is InChI=1S/C25H33ClN2O2/c1-28(25(30)21-7-11-23(26)12-8-21)24-13-9-20(10-14-24)22-6-4-5-19(17-22)18-27-15-2-3-16-29/h4-8,11-12,17,20,24,27,29H,2-3,9-10,13-16,18H2,1H3. The minimum atomic E-state index is 0.0735. The molecule has 2 N–H and O–H groups in total. The number of amides is 1. The SMILES string of the molecule is CN(C(=O)c1ccc(Cl)cc1)C1CCC(c2cccc(CNCCCCO)c2)CC1. The van der Waals surface area contributed by atoms with Crippen molar-refractivity contribution in [3.05, 3.63) is 70.2 Å². The summed E-state index contributed by atoms with van der Waals surface area (Å²) >= 11 is 5.94. The number of halogens is 1. The minimum Gasteiger partial charge on any atom is -0.396 e. The fraction of sp³-hybridized carbons (Fsp3) is 0.480. The van der Waals surface area contributed by atoms with Gasteiger partial charge in [-0.15, -0.1) is 0 Å². The Bertz CT molecular complexity index is 801. The zero-order valence-electron chi connectivity index (χ0n) is 17.8. The van der Waals surface area contributed by atoms with Gasteiger partial charge < -0.3 is 15.3 Å². The van der Waals surface area contributed by atoms with E-state index < -0.39 is 0 Å². The van der Waals surface area contributed by atoms with Crippen molar-refractivity contribution in [2.75, 3.05) is 20.2 Å². The maximum Gasteiger partial charge on any atom is 0.253 e. The molecule has 0 aliphatic heterocycles. The van der Waals surface area contributed by atoms with Gasteiger partial charge in [0.1, 0.15) is 0 Å². The van der Waals surface area contributed by atoms with E-state index in [0.29, 0.717) is 22.5 Å². The van der Waals surface area contributed by atoms with Crippen LogP contribution in [-0.4, -0.2) is 42.2 Å². The average Bonchev–Trinajstić information content (AvgIpc) is 2.79. The molecule has 5 heteroatoms. The van der Waals surface area contributed by atoms with Crippen molar-refractivity contribution in [1.82, 2.24) is 10.2 Å². The molecule has 1 aliphatic carbocycles. The lowest BCUT2D eigenvalue weighted by molar-refractivity contribution is 0.0689. The first kappa shape index (κ1) is 22.8. The van der Waals surface area contributed by atoms with Crippen molar-refractivity contribution in [1.29, 1.82) is 0 Å². The second kappa shape index (κ2) is 11.5. The van der Waals surface area contributed by atoms with Crippen LogP contribution in [0.5, 0.6) is 0 Å². The van der Waals surface area contributed by atoms with Gasteiger partial charge in [0.2, 0.25) is 0 Å². The maximum absolute atomic E-state index is 12.8. The Balaban J connectivity index is 1.50. The van der Waals surface area contributed by atoms with Gasteiger partial charge in [0.25, 0.3) is 5.91 Å². The Labute approximate surface area is 185 Å². The number of unbranched alkanes of at least 4 members (excludes halogenated alkanes) is 1. The molecule has 30 heavy (non-hydrogen) atoms. The number of aliphatic hydroxyl groups is 1. The smallest absolute Gasteiger partial charge is 0.253 e. The zero-order chi connectivity index (χ0) is 21.3. The Morgan fingerprint density at radius 2 is 1.83 bits per heavy atom. The van der Waals surface area contributed by atoms with Gasteiger partial charge in [-0.25, -0.2) is 0 Å². The van der Waals surface area contributed by atoms with Crippen molar-refractivity contribution in [3.63, 3.8) is 0 Å². The number of hydrogen-bond donors (Lipinski definition) is 2. The summed E-state index contributed by atoms with van der Waals surface area (Å²) in [6.45, 7) is 2.07. The van der Waals surface area contributed by atoms with Crippen molar-refractivity contribution in [2.45, 2.75) is 57.0 Å². The number of aliphatic hydroxyl groups excluding tert-OH is 1. The number of nitrogens with zero attached hydrogens (tertiary/aromatic N) is 1. The fourth-order valence-corrected chi connectivity index (χ4v) is 4.44. The molecule has 4 nitrogen and oxygen atoms in total. The number of carbonyl (C=O) groups excluding carboxylic acids is 1. The van der Waals surface area contributed by atoms with Crippen LogP contribution in [0.4, 0.5) is 0 Å².